The van der Waals surface area contributed by atoms with Crippen LogP contribution in [0, 0.1) is 5.41 Å². The van der Waals surface area contributed by atoms with E-state index in [0.29, 0.717) is 18.9 Å². The number of nitrogens with zero attached hydrogens (tertiary/aromatic N) is 1. The van der Waals surface area contributed by atoms with Gasteiger partial charge in [0.1, 0.15) is 5.75 Å². The summed E-state index contributed by atoms with van der Waals surface area (Å²) in [5.74, 6) is 0.495. The highest BCUT2D eigenvalue weighted by molar-refractivity contribution is 5.76. The van der Waals surface area contributed by atoms with E-state index in [4.69, 9.17) is 4.74 Å². The predicted molar refractivity (Wildman–Crippen MR) is 89.3 cm³/mol. The van der Waals surface area contributed by atoms with Crippen LogP contribution in [0.3, 0.4) is 0 Å². The molecule has 3 rings (SSSR count). The van der Waals surface area contributed by atoms with Crippen molar-refractivity contribution in [1.82, 2.24) is 4.90 Å². The van der Waals surface area contributed by atoms with Crippen molar-refractivity contribution < 1.29 is 14.6 Å². The van der Waals surface area contributed by atoms with Crippen LogP contribution in [0.1, 0.15) is 44.1 Å². The van der Waals surface area contributed by atoms with Crippen molar-refractivity contribution in [3.8, 4) is 5.75 Å². The Hall–Kier alpha value is -1.55. The molecule has 23 heavy (non-hydrogen) atoms. The molecule has 2 atom stereocenters. The SMILES string of the molecule is CO[C@@H]1CCC[C@]12CCCN(C(=O)CCc1cccc(O)c1)C2. The van der Waals surface area contributed by atoms with Crippen LogP contribution < -0.4 is 0 Å². The molecule has 2 fully saturated rings. The molecule has 1 aliphatic heterocycles. The average Bonchev–Trinajstić information content (AvgIpc) is 2.94. The number of methoxy groups -OCH3 is 1. The first-order valence-electron chi connectivity index (χ1n) is 8.71. The normalized spacial score (nSPS) is 27.5. The number of benzene rings is 1. The van der Waals surface area contributed by atoms with Gasteiger partial charge in [-0.2, -0.15) is 0 Å². The molecule has 1 saturated heterocycles. The van der Waals surface area contributed by atoms with Gasteiger partial charge in [-0.25, -0.2) is 0 Å². The van der Waals surface area contributed by atoms with Crippen molar-refractivity contribution in [2.75, 3.05) is 20.2 Å². The smallest absolute Gasteiger partial charge is 0.222 e. The second-order valence-corrected chi connectivity index (χ2v) is 7.07. The van der Waals surface area contributed by atoms with E-state index in [1.165, 1.54) is 19.3 Å². The Morgan fingerprint density at radius 2 is 2.22 bits per heavy atom. The summed E-state index contributed by atoms with van der Waals surface area (Å²) >= 11 is 0. The molecule has 0 radical (unpaired) electrons. The number of hydrogen-bond donors (Lipinski definition) is 1. The maximum absolute atomic E-state index is 12.6. The van der Waals surface area contributed by atoms with E-state index in [-0.39, 0.29) is 17.1 Å². The highest BCUT2D eigenvalue weighted by Crippen LogP contribution is 2.46. The topological polar surface area (TPSA) is 49.8 Å². The average molecular weight is 317 g/mol. The zero-order valence-corrected chi connectivity index (χ0v) is 14.0. The number of phenolic OH excluding ortho intramolecular Hbond substituents is 1. The van der Waals surface area contributed by atoms with Gasteiger partial charge in [0.2, 0.25) is 5.91 Å². The van der Waals surface area contributed by atoms with Crippen molar-refractivity contribution in [3.63, 3.8) is 0 Å². The molecule has 0 bridgehead atoms. The molecule has 1 spiro atoms. The number of rotatable bonds is 4. The lowest BCUT2D eigenvalue weighted by Crippen LogP contribution is -2.49. The number of aryl methyl sites for hydroxylation is 1. The highest BCUT2D eigenvalue weighted by atomic mass is 16.5. The van der Waals surface area contributed by atoms with Gasteiger partial charge in [0.15, 0.2) is 0 Å². The van der Waals surface area contributed by atoms with E-state index < -0.39 is 0 Å². The quantitative estimate of drug-likeness (QED) is 0.928. The van der Waals surface area contributed by atoms with Crippen molar-refractivity contribution in [3.05, 3.63) is 29.8 Å². The third-order valence-corrected chi connectivity index (χ3v) is 5.61. The van der Waals surface area contributed by atoms with E-state index >= 15 is 0 Å². The molecule has 4 heteroatoms. The third-order valence-electron chi connectivity index (χ3n) is 5.61. The van der Waals surface area contributed by atoms with Crippen molar-refractivity contribution in [1.29, 1.82) is 0 Å². The van der Waals surface area contributed by atoms with E-state index in [2.05, 4.69) is 0 Å². The summed E-state index contributed by atoms with van der Waals surface area (Å²) in [6.07, 6.45) is 7.29. The molecule has 126 valence electrons. The number of aromatic hydroxyl groups is 1. The molecule has 0 unspecified atom stereocenters. The summed E-state index contributed by atoms with van der Waals surface area (Å²) in [6, 6.07) is 7.18. The minimum absolute atomic E-state index is 0.188. The van der Waals surface area contributed by atoms with Gasteiger partial charge >= 0.3 is 0 Å². The molecule has 4 nitrogen and oxygen atoms in total. The van der Waals surface area contributed by atoms with Crippen LogP contribution in [0.2, 0.25) is 0 Å². The van der Waals surface area contributed by atoms with Gasteiger partial charge in [0.25, 0.3) is 0 Å². The molecule has 1 aromatic rings. The minimum Gasteiger partial charge on any atom is -0.508 e. The lowest BCUT2D eigenvalue weighted by molar-refractivity contribution is -0.137. The molecule has 0 aromatic heterocycles. The standard InChI is InChI=1S/C19H27NO3/c1-23-17-7-3-10-19(17)11-4-12-20(14-19)18(22)9-8-15-5-2-6-16(21)13-15/h2,5-6,13,17,21H,3-4,7-12,14H2,1H3/t17-,19-/m1/s1. The molecule has 1 aliphatic carbocycles. The van der Waals surface area contributed by atoms with Gasteiger partial charge in [-0.05, 0) is 49.8 Å². The Bertz CT molecular complexity index is 559. The Morgan fingerprint density at radius 3 is 3.00 bits per heavy atom. The molecule has 1 heterocycles. The van der Waals surface area contributed by atoms with Crippen LogP contribution in [-0.2, 0) is 16.0 Å². The van der Waals surface area contributed by atoms with Crippen molar-refractivity contribution in [2.24, 2.45) is 5.41 Å². The predicted octanol–water partition coefficient (Wildman–Crippen LogP) is 3.13. The first-order valence-corrected chi connectivity index (χ1v) is 8.71. The van der Waals surface area contributed by atoms with Crippen LogP contribution in [0.5, 0.6) is 5.75 Å². The molecule has 1 N–H and O–H groups in total. The third kappa shape index (κ3) is 3.52. The summed E-state index contributed by atoms with van der Waals surface area (Å²) in [6.45, 7) is 1.72. The Balaban J connectivity index is 1.59. The maximum atomic E-state index is 12.6. The fraction of sp³-hybridized carbons (Fsp3) is 0.632. The van der Waals surface area contributed by atoms with E-state index in [1.807, 2.05) is 17.0 Å². The maximum Gasteiger partial charge on any atom is 0.222 e. The van der Waals surface area contributed by atoms with Gasteiger partial charge in [-0.15, -0.1) is 0 Å². The Morgan fingerprint density at radius 1 is 1.39 bits per heavy atom. The van der Waals surface area contributed by atoms with Crippen LogP contribution in [-0.4, -0.2) is 42.2 Å². The summed E-state index contributed by atoms with van der Waals surface area (Å²) in [7, 11) is 1.81. The number of ether oxygens (including phenoxy) is 1. The zero-order chi connectivity index (χ0) is 16.3. The van der Waals surface area contributed by atoms with Crippen LogP contribution >= 0.6 is 0 Å². The molecule has 2 aliphatic rings. The Labute approximate surface area is 138 Å². The lowest BCUT2D eigenvalue weighted by Gasteiger charge is -2.43. The first kappa shape index (κ1) is 16.3. The van der Waals surface area contributed by atoms with Crippen molar-refractivity contribution in [2.45, 2.75) is 51.0 Å². The number of amides is 1. The van der Waals surface area contributed by atoms with Crippen molar-refractivity contribution >= 4 is 5.91 Å². The van der Waals surface area contributed by atoms with E-state index in [0.717, 1.165) is 31.5 Å². The van der Waals surface area contributed by atoms with Crippen LogP contribution in [0.15, 0.2) is 24.3 Å². The molecule has 1 aromatic carbocycles. The second-order valence-electron chi connectivity index (χ2n) is 7.07. The van der Waals surface area contributed by atoms with E-state index in [9.17, 15) is 9.90 Å². The summed E-state index contributed by atoms with van der Waals surface area (Å²) in [5.41, 5.74) is 1.20. The summed E-state index contributed by atoms with van der Waals surface area (Å²) in [4.78, 5) is 14.7. The number of carbonyl (C=O) groups is 1. The monoisotopic (exact) mass is 317 g/mol. The van der Waals surface area contributed by atoms with Gasteiger partial charge in [-0.1, -0.05) is 18.6 Å². The number of piperidine rings is 1. The fourth-order valence-electron chi connectivity index (χ4n) is 4.44. The lowest BCUT2D eigenvalue weighted by atomic mass is 9.76. The number of phenols is 1. The summed E-state index contributed by atoms with van der Waals surface area (Å²) in [5, 5.41) is 9.51. The second kappa shape index (κ2) is 6.91. The molecular formula is C19H27NO3. The van der Waals surface area contributed by atoms with E-state index in [1.54, 1.807) is 19.2 Å². The first-order chi connectivity index (χ1) is 11.1. The van der Waals surface area contributed by atoms with Gasteiger partial charge in [-0.3, -0.25) is 4.79 Å². The van der Waals surface area contributed by atoms with Gasteiger partial charge in [0.05, 0.1) is 6.10 Å². The van der Waals surface area contributed by atoms with Gasteiger partial charge in [0, 0.05) is 32.0 Å². The zero-order valence-electron chi connectivity index (χ0n) is 14.0. The Kier molecular flexibility index (Phi) is 4.90. The summed E-state index contributed by atoms with van der Waals surface area (Å²) < 4.78 is 5.71. The van der Waals surface area contributed by atoms with Gasteiger partial charge < -0.3 is 14.7 Å². The molecule has 1 amide bonds. The van der Waals surface area contributed by atoms with Crippen LogP contribution in [0.4, 0.5) is 0 Å². The minimum atomic E-state index is 0.188. The highest BCUT2D eigenvalue weighted by Gasteiger charge is 2.46. The fourth-order valence-corrected chi connectivity index (χ4v) is 4.44. The number of hydrogen-bond acceptors (Lipinski definition) is 3. The number of likely N-dealkylation sites (tertiary alicyclic amines) is 1. The molecule has 1 saturated carbocycles. The molecular weight excluding hydrogens is 290 g/mol. The van der Waals surface area contributed by atoms with Crippen LogP contribution in [0.25, 0.3) is 0 Å². The number of carbonyl (C=O) groups excluding carboxylic acids is 1. The largest absolute Gasteiger partial charge is 0.508 e.